The van der Waals surface area contributed by atoms with Crippen LogP contribution in [0.2, 0.25) is 0 Å². The van der Waals surface area contributed by atoms with Gasteiger partial charge >= 0.3 is 0 Å². The molecule has 0 bridgehead atoms. The summed E-state index contributed by atoms with van der Waals surface area (Å²) in [6.45, 7) is 2.41. The van der Waals surface area contributed by atoms with Crippen molar-refractivity contribution in [2.45, 2.75) is 13.3 Å². The number of benzene rings is 1. The average molecular weight is 307 g/mol. The molecular weight excluding hydrogens is 296 g/mol. The van der Waals surface area contributed by atoms with E-state index in [1.807, 2.05) is 18.2 Å². The van der Waals surface area contributed by atoms with Gasteiger partial charge < -0.3 is 9.84 Å². The lowest BCUT2D eigenvalue weighted by molar-refractivity contribution is 0.377. The maximum absolute atomic E-state index is 9.06. The second-order valence-corrected chi connectivity index (χ2v) is 4.54. The van der Waals surface area contributed by atoms with Gasteiger partial charge in [-0.25, -0.2) is 0 Å². The molecule has 0 aliphatic carbocycles. The summed E-state index contributed by atoms with van der Waals surface area (Å²) in [6, 6.07) is 7.74. The van der Waals surface area contributed by atoms with Crippen molar-refractivity contribution in [1.82, 2.24) is 10.1 Å². The van der Waals surface area contributed by atoms with Crippen LogP contribution in [0.4, 0.5) is 5.69 Å². The maximum Gasteiger partial charge on any atom is 0.228 e. The molecule has 92 valence electrons. The topological polar surface area (TPSA) is 74.7 Å². The van der Waals surface area contributed by atoms with Gasteiger partial charge in [-0.1, -0.05) is 11.2 Å². The van der Waals surface area contributed by atoms with Gasteiger partial charge in [-0.15, -0.1) is 0 Å². The van der Waals surface area contributed by atoms with E-state index in [4.69, 9.17) is 9.78 Å². The highest BCUT2D eigenvalue weighted by Gasteiger charge is 2.06. The molecule has 1 aromatic heterocycles. The number of hydrogen-bond acceptors (Lipinski definition) is 5. The zero-order chi connectivity index (χ0) is 13.0. The highest BCUT2D eigenvalue weighted by Crippen LogP contribution is 2.23. The van der Waals surface area contributed by atoms with Gasteiger partial charge in [0.2, 0.25) is 5.89 Å². The molecule has 0 amide bonds. The zero-order valence-electron chi connectivity index (χ0n) is 9.77. The van der Waals surface area contributed by atoms with Crippen LogP contribution in [0.3, 0.4) is 0 Å². The lowest BCUT2D eigenvalue weighted by Gasteiger charge is -2.07. The first kappa shape index (κ1) is 12.6. The molecule has 0 radical (unpaired) electrons. The minimum atomic E-state index is 0.591. The monoisotopic (exact) mass is 306 g/mol. The van der Waals surface area contributed by atoms with E-state index < -0.39 is 0 Å². The van der Waals surface area contributed by atoms with E-state index in [9.17, 15) is 0 Å². The molecule has 0 atom stereocenters. The summed E-state index contributed by atoms with van der Waals surface area (Å²) in [5.41, 5.74) is 1.39. The molecule has 0 saturated carbocycles. The van der Waals surface area contributed by atoms with E-state index in [1.54, 1.807) is 6.92 Å². The van der Waals surface area contributed by atoms with Gasteiger partial charge in [0.15, 0.2) is 5.82 Å². The first-order valence-electron chi connectivity index (χ1n) is 5.42. The van der Waals surface area contributed by atoms with Gasteiger partial charge in [0.25, 0.3) is 0 Å². The van der Waals surface area contributed by atoms with E-state index >= 15 is 0 Å². The number of hydrogen-bond donors (Lipinski definition) is 1. The molecule has 0 aliphatic heterocycles. The van der Waals surface area contributed by atoms with Crippen molar-refractivity contribution < 1.29 is 4.52 Å². The van der Waals surface area contributed by atoms with E-state index in [0.29, 0.717) is 30.2 Å². The zero-order valence-corrected chi connectivity index (χ0v) is 11.4. The molecule has 5 nitrogen and oxygen atoms in total. The van der Waals surface area contributed by atoms with Crippen LogP contribution in [0, 0.1) is 18.3 Å². The fourth-order valence-electron chi connectivity index (χ4n) is 1.53. The van der Waals surface area contributed by atoms with Gasteiger partial charge in [-0.3, -0.25) is 0 Å². The number of aromatic nitrogens is 2. The van der Waals surface area contributed by atoms with E-state index in [-0.39, 0.29) is 0 Å². The molecule has 1 heterocycles. The van der Waals surface area contributed by atoms with Crippen molar-refractivity contribution in [3.63, 3.8) is 0 Å². The highest BCUT2D eigenvalue weighted by atomic mass is 79.9. The SMILES string of the molecule is Cc1noc(CCNc2cccc(Br)c2C#N)n1. The number of nitrogens with one attached hydrogen (secondary N) is 1. The molecule has 2 rings (SSSR count). The Kier molecular flexibility index (Phi) is 3.95. The summed E-state index contributed by atoms with van der Waals surface area (Å²) in [5.74, 6) is 1.22. The molecule has 0 saturated heterocycles. The Bertz CT molecular complexity index is 588. The van der Waals surface area contributed by atoms with Crippen molar-refractivity contribution in [3.8, 4) is 6.07 Å². The summed E-state index contributed by atoms with van der Waals surface area (Å²) in [4.78, 5) is 4.11. The first-order valence-corrected chi connectivity index (χ1v) is 6.21. The third kappa shape index (κ3) is 2.87. The molecule has 0 fully saturated rings. The van der Waals surface area contributed by atoms with Crippen LogP contribution in [0.15, 0.2) is 27.2 Å². The summed E-state index contributed by atoms with van der Waals surface area (Å²) in [5, 5.41) is 16.0. The fraction of sp³-hybridized carbons (Fsp3) is 0.250. The van der Waals surface area contributed by atoms with Gasteiger partial charge in [0, 0.05) is 17.4 Å². The third-order valence-corrected chi connectivity index (χ3v) is 3.01. The number of halogens is 1. The predicted molar refractivity (Wildman–Crippen MR) is 70.1 cm³/mol. The van der Waals surface area contributed by atoms with Crippen molar-refractivity contribution in [2.75, 3.05) is 11.9 Å². The van der Waals surface area contributed by atoms with E-state index in [0.717, 1.165) is 10.2 Å². The van der Waals surface area contributed by atoms with Crippen LogP contribution in [0.1, 0.15) is 17.3 Å². The summed E-state index contributed by atoms with van der Waals surface area (Å²) in [7, 11) is 0. The second kappa shape index (κ2) is 5.65. The fourth-order valence-corrected chi connectivity index (χ4v) is 1.99. The molecule has 1 aromatic carbocycles. The van der Waals surface area contributed by atoms with E-state index in [2.05, 4.69) is 37.5 Å². The van der Waals surface area contributed by atoms with Crippen molar-refractivity contribution in [3.05, 3.63) is 40.0 Å². The minimum absolute atomic E-state index is 0.591. The van der Waals surface area contributed by atoms with Gasteiger partial charge in [-0.05, 0) is 35.0 Å². The Morgan fingerprint density at radius 3 is 3.00 bits per heavy atom. The summed E-state index contributed by atoms with van der Waals surface area (Å²) >= 11 is 3.34. The molecule has 1 N–H and O–H groups in total. The van der Waals surface area contributed by atoms with Gasteiger partial charge in [0.05, 0.1) is 11.3 Å². The van der Waals surface area contributed by atoms with Crippen LogP contribution >= 0.6 is 15.9 Å². The highest BCUT2D eigenvalue weighted by molar-refractivity contribution is 9.10. The maximum atomic E-state index is 9.06. The molecule has 18 heavy (non-hydrogen) atoms. The minimum Gasteiger partial charge on any atom is -0.383 e. The summed E-state index contributed by atoms with van der Waals surface area (Å²) < 4.78 is 5.79. The molecule has 0 spiro atoms. The number of aryl methyl sites for hydroxylation is 1. The lowest BCUT2D eigenvalue weighted by Crippen LogP contribution is -2.06. The normalized spacial score (nSPS) is 10.1. The molecular formula is C12H11BrN4O. The van der Waals surface area contributed by atoms with Crippen LogP contribution in [0.5, 0.6) is 0 Å². The largest absolute Gasteiger partial charge is 0.383 e. The number of nitrogens with zero attached hydrogens (tertiary/aromatic N) is 3. The average Bonchev–Trinajstić information content (AvgIpc) is 2.75. The Morgan fingerprint density at radius 1 is 1.50 bits per heavy atom. The molecule has 0 unspecified atom stereocenters. The number of anilines is 1. The standard InChI is InChI=1S/C12H11BrN4O/c1-8-16-12(18-17-8)5-6-15-11-4-2-3-10(13)9(11)7-14/h2-4,15H,5-6H2,1H3. The number of rotatable bonds is 4. The Labute approximate surface area is 113 Å². The number of nitriles is 1. The second-order valence-electron chi connectivity index (χ2n) is 3.69. The van der Waals surface area contributed by atoms with Crippen molar-refractivity contribution in [1.29, 1.82) is 5.26 Å². The first-order chi connectivity index (χ1) is 8.70. The van der Waals surface area contributed by atoms with Crippen molar-refractivity contribution >= 4 is 21.6 Å². The van der Waals surface area contributed by atoms with Gasteiger partial charge in [0.1, 0.15) is 6.07 Å². The Hall–Kier alpha value is -1.87. The predicted octanol–water partition coefficient (Wildman–Crippen LogP) is 2.67. The lowest BCUT2D eigenvalue weighted by atomic mass is 10.2. The van der Waals surface area contributed by atoms with Gasteiger partial charge in [-0.2, -0.15) is 10.2 Å². The van der Waals surface area contributed by atoms with Crippen LogP contribution in [0.25, 0.3) is 0 Å². The van der Waals surface area contributed by atoms with Crippen LogP contribution in [-0.2, 0) is 6.42 Å². The van der Waals surface area contributed by atoms with Crippen molar-refractivity contribution in [2.24, 2.45) is 0 Å². The Morgan fingerprint density at radius 2 is 2.33 bits per heavy atom. The van der Waals surface area contributed by atoms with Crippen LogP contribution in [-0.4, -0.2) is 16.7 Å². The summed E-state index contributed by atoms with van der Waals surface area (Å²) in [6.07, 6.45) is 0.623. The quantitative estimate of drug-likeness (QED) is 0.940. The Balaban J connectivity index is 1.99. The molecule has 6 heteroatoms. The third-order valence-electron chi connectivity index (χ3n) is 2.35. The van der Waals surface area contributed by atoms with E-state index in [1.165, 1.54) is 0 Å². The molecule has 0 aliphatic rings. The molecule has 2 aromatic rings. The smallest absolute Gasteiger partial charge is 0.228 e. The van der Waals surface area contributed by atoms with Crippen LogP contribution < -0.4 is 5.32 Å².